The Morgan fingerprint density at radius 2 is 2.00 bits per heavy atom. The molecule has 0 spiro atoms. The van der Waals surface area contributed by atoms with Crippen molar-refractivity contribution in [2.45, 2.75) is 6.18 Å². The van der Waals surface area contributed by atoms with Gasteiger partial charge in [0.05, 0.1) is 12.7 Å². The molecule has 0 amide bonds. The van der Waals surface area contributed by atoms with Crippen molar-refractivity contribution in [2.24, 2.45) is 0 Å². The third kappa shape index (κ3) is 3.58. The highest BCUT2D eigenvalue weighted by molar-refractivity contribution is 5.87. The summed E-state index contributed by atoms with van der Waals surface area (Å²) in [6.45, 7) is 0. The number of benzene rings is 1. The molecule has 0 saturated heterocycles. The molecule has 92 valence electrons. The first-order chi connectivity index (χ1) is 7.84. The van der Waals surface area contributed by atoms with Crippen LogP contribution >= 0.6 is 0 Å². The molecule has 0 bridgehead atoms. The molecule has 1 aromatic carbocycles. The van der Waals surface area contributed by atoms with Crippen LogP contribution in [0.25, 0.3) is 6.08 Å². The summed E-state index contributed by atoms with van der Waals surface area (Å²) in [5, 5.41) is 0. The van der Waals surface area contributed by atoms with Crippen LogP contribution in [0.15, 0.2) is 24.3 Å². The van der Waals surface area contributed by atoms with Gasteiger partial charge >= 0.3 is 12.1 Å². The molecular weight excluding hydrogens is 240 g/mol. The zero-order valence-electron chi connectivity index (χ0n) is 8.72. The standard InChI is InChI=1S/C11H8F4O2/c1-17-10(16)5-3-7-2-4-8(12)6-9(7)11(13,14)15/h2-6H,1H3. The number of ether oxygens (including phenoxy) is 1. The first-order valence-electron chi connectivity index (χ1n) is 4.47. The number of hydrogen-bond acceptors (Lipinski definition) is 2. The number of alkyl halides is 3. The van der Waals surface area contributed by atoms with Gasteiger partial charge in [-0.1, -0.05) is 6.07 Å². The number of carbonyl (C=O) groups is 1. The van der Waals surface area contributed by atoms with Gasteiger partial charge in [-0.3, -0.25) is 0 Å². The third-order valence-corrected chi connectivity index (χ3v) is 1.92. The van der Waals surface area contributed by atoms with Crippen molar-refractivity contribution in [1.29, 1.82) is 0 Å². The van der Waals surface area contributed by atoms with E-state index in [-0.39, 0.29) is 5.56 Å². The van der Waals surface area contributed by atoms with Gasteiger partial charge in [0.1, 0.15) is 5.82 Å². The predicted octanol–water partition coefficient (Wildman–Crippen LogP) is 3.03. The Morgan fingerprint density at radius 1 is 1.35 bits per heavy atom. The van der Waals surface area contributed by atoms with Gasteiger partial charge < -0.3 is 4.74 Å². The molecule has 2 nitrogen and oxygen atoms in total. The van der Waals surface area contributed by atoms with Crippen LogP contribution in [0.2, 0.25) is 0 Å². The van der Waals surface area contributed by atoms with Crippen LogP contribution in [-0.2, 0) is 15.7 Å². The lowest BCUT2D eigenvalue weighted by Crippen LogP contribution is -2.08. The van der Waals surface area contributed by atoms with E-state index in [2.05, 4.69) is 4.74 Å². The molecule has 6 heteroatoms. The molecule has 0 atom stereocenters. The summed E-state index contributed by atoms with van der Waals surface area (Å²) in [6.07, 6.45) is -2.92. The quantitative estimate of drug-likeness (QED) is 0.457. The van der Waals surface area contributed by atoms with Crippen LogP contribution in [-0.4, -0.2) is 13.1 Å². The molecule has 0 aliphatic carbocycles. The van der Waals surface area contributed by atoms with Gasteiger partial charge in [0.2, 0.25) is 0 Å². The van der Waals surface area contributed by atoms with Crippen LogP contribution in [0, 0.1) is 5.82 Å². The Hall–Kier alpha value is -1.85. The SMILES string of the molecule is COC(=O)C=Cc1ccc(F)cc1C(F)(F)F. The maximum atomic E-state index is 12.7. The maximum absolute atomic E-state index is 12.7. The largest absolute Gasteiger partial charge is 0.466 e. The maximum Gasteiger partial charge on any atom is 0.417 e. The Balaban J connectivity index is 3.16. The molecule has 1 aromatic rings. The lowest BCUT2D eigenvalue weighted by atomic mass is 10.1. The summed E-state index contributed by atoms with van der Waals surface area (Å²) in [5.74, 6) is -1.78. The van der Waals surface area contributed by atoms with E-state index in [4.69, 9.17) is 0 Å². The van der Waals surface area contributed by atoms with E-state index < -0.39 is 23.5 Å². The van der Waals surface area contributed by atoms with Gasteiger partial charge in [-0.05, 0) is 23.8 Å². The fraction of sp³-hybridized carbons (Fsp3) is 0.182. The second-order valence-electron chi connectivity index (χ2n) is 3.09. The molecule has 0 heterocycles. The lowest BCUT2D eigenvalue weighted by Gasteiger charge is -2.10. The monoisotopic (exact) mass is 248 g/mol. The van der Waals surface area contributed by atoms with Crippen LogP contribution in [0.4, 0.5) is 17.6 Å². The summed E-state index contributed by atoms with van der Waals surface area (Å²) in [4.78, 5) is 10.7. The number of esters is 1. The first-order valence-corrected chi connectivity index (χ1v) is 4.47. The highest BCUT2D eigenvalue weighted by Crippen LogP contribution is 2.33. The van der Waals surface area contributed by atoms with E-state index in [1.54, 1.807) is 0 Å². The average molecular weight is 248 g/mol. The zero-order valence-corrected chi connectivity index (χ0v) is 8.72. The lowest BCUT2D eigenvalue weighted by molar-refractivity contribution is -0.138. The van der Waals surface area contributed by atoms with Gasteiger partial charge in [-0.2, -0.15) is 13.2 Å². The minimum absolute atomic E-state index is 0.302. The van der Waals surface area contributed by atoms with E-state index in [1.165, 1.54) is 0 Å². The van der Waals surface area contributed by atoms with Gasteiger partial charge in [0.15, 0.2) is 0 Å². The van der Waals surface area contributed by atoms with Gasteiger partial charge in [0, 0.05) is 6.08 Å². The van der Waals surface area contributed by atoms with Gasteiger partial charge in [-0.15, -0.1) is 0 Å². The molecule has 17 heavy (non-hydrogen) atoms. The van der Waals surface area contributed by atoms with Gasteiger partial charge in [0.25, 0.3) is 0 Å². The molecule has 0 unspecified atom stereocenters. The Labute approximate surface area is 94.5 Å². The molecule has 0 aliphatic rings. The summed E-state index contributed by atoms with van der Waals surface area (Å²) < 4.78 is 54.5. The number of carbonyl (C=O) groups excluding carboxylic acids is 1. The fourth-order valence-corrected chi connectivity index (χ4v) is 1.15. The Kier molecular flexibility index (Phi) is 3.88. The topological polar surface area (TPSA) is 26.3 Å². The molecule has 0 radical (unpaired) electrons. The van der Waals surface area contributed by atoms with E-state index in [9.17, 15) is 22.4 Å². The van der Waals surface area contributed by atoms with Crippen molar-refractivity contribution < 1.29 is 27.1 Å². The van der Waals surface area contributed by atoms with Crippen molar-refractivity contribution in [3.05, 3.63) is 41.2 Å². The highest BCUT2D eigenvalue weighted by atomic mass is 19.4. The van der Waals surface area contributed by atoms with Crippen molar-refractivity contribution >= 4 is 12.0 Å². The van der Waals surface area contributed by atoms with Crippen LogP contribution < -0.4 is 0 Å². The Bertz CT molecular complexity index is 449. The van der Waals surface area contributed by atoms with E-state index >= 15 is 0 Å². The van der Waals surface area contributed by atoms with Crippen molar-refractivity contribution in [3.63, 3.8) is 0 Å². The first kappa shape index (κ1) is 13.2. The van der Waals surface area contributed by atoms with Gasteiger partial charge in [-0.25, -0.2) is 9.18 Å². The van der Waals surface area contributed by atoms with Crippen LogP contribution in [0.1, 0.15) is 11.1 Å². The normalized spacial score (nSPS) is 11.8. The predicted molar refractivity (Wildman–Crippen MR) is 52.5 cm³/mol. The molecule has 0 saturated carbocycles. The smallest absolute Gasteiger partial charge is 0.417 e. The van der Waals surface area contributed by atoms with Crippen LogP contribution in [0.3, 0.4) is 0 Å². The second-order valence-corrected chi connectivity index (χ2v) is 3.09. The fourth-order valence-electron chi connectivity index (χ4n) is 1.15. The summed E-state index contributed by atoms with van der Waals surface area (Å²) in [6, 6.07) is 2.20. The molecule has 0 aliphatic heterocycles. The zero-order chi connectivity index (χ0) is 13.1. The van der Waals surface area contributed by atoms with Crippen molar-refractivity contribution in [2.75, 3.05) is 7.11 Å². The highest BCUT2D eigenvalue weighted by Gasteiger charge is 2.33. The number of halogens is 4. The van der Waals surface area contributed by atoms with Crippen LogP contribution in [0.5, 0.6) is 0 Å². The van der Waals surface area contributed by atoms with Crippen molar-refractivity contribution in [3.8, 4) is 0 Å². The molecule has 1 rings (SSSR count). The number of hydrogen-bond donors (Lipinski definition) is 0. The molecule has 0 fully saturated rings. The minimum atomic E-state index is -4.68. The van der Waals surface area contributed by atoms with Crippen molar-refractivity contribution in [1.82, 2.24) is 0 Å². The number of methoxy groups -OCH3 is 1. The molecule has 0 N–H and O–H groups in total. The summed E-state index contributed by atoms with van der Waals surface area (Å²) >= 11 is 0. The summed E-state index contributed by atoms with van der Waals surface area (Å²) in [7, 11) is 1.10. The number of rotatable bonds is 2. The minimum Gasteiger partial charge on any atom is -0.466 e. The molecule has 0 aromatic heterocycles. The Morgan fingerprint density at radius 3 is 2.53 bits per heavy atom. The average Bonchev–Trinajstić information content (AvgIpc) is 2.25. The third-order valence-electron chi connectivity index (χ3n) is 1.92. The molecular formula is C11H8F4O2. The summed E-state index contributed by atoms with van der Waals surface area (Å²) in [5.41, 5.74) is -1.44. The van der Waals surface area contributed by atoms with E-state index in [1.807, 2.05) is 0 Å². The van der Waals surface area contributed by atoms with E-state index in [0.29, 0.717) is 6.07 Å². The van der Waals surface area contributed by atoms with E-state index in [0.717, 1.165) is 31.4 Å². The second kappa shape index (κ2) is 4.99.